The molecule has 0 bridgehead atoms. The van der Waals surface area contributed by atoms with E-state index in [4.69, 9.17) is 11.5 Å². The Balaban J connectivity index is 0. The van der Waals surface area contributed by atoms with Crippen molar-refractivity contribution < 1.29 is 9.18 Å². The first kappa shape index (κ1) is 35.7. The fourth-order valence-electron chi connectivity index (χ4n) is 2.21. The van der Waals surface area contributed by atoms with Crippen molar-refractivity contribution in [2.75, 3.05) is 39.0 Å². The van der Waals surface area contributed by atoms with Crippen LogP contribution < -0.4 is 16.8 Å². The molecule has 0 saturated carbocycles. The highest BCUT2D eigenvalue weighted by Crippen LogP contribution is 2.15. The number of hydrogen-bond donors (Lipinski definition) is 3. The number of guanidine groups is 1. The number of rotatable bonds is 5. The van der Waals surface area contributed by atoms with Crippen molar-refractivity contribution in [3.8, 4) is 0 Å². The maximum atomic E-state index is 12.4. The van der Waals surface area contributed by atoms with Gasteiger partial charge in [0.25, 0.3) is 0 Å². The van der Waals surface area contributed by atoms with Gasteiger partial charge in [-0.05, 0) is 63.6 Å². The van der Waals surface area contributed by atoms with Crippen molar-refractivity contribution in [3.63, 3.8) is 0 Å². The summed E-state index contributed by atoms with van der Waals surface area (Å²) in [4.78, 5) is 31.5. The molecule has 0 radical (unpaired) electrons. The SMILES string of the molecule is CCN(CC)CC.CN=C(N)N.CNc1ncc2cc(Br)cnc2n1.Cl.O=Cc1cc(Br)cnc1F. The van der Waals surface area contributed by atoms with Gasteiger partial charge in [0.15, 0.2) is 17.9 Å². The molecule has 0 aromatic carbocycles. The Morgan fingerprint density at radius 3 is 2.00 bits per heavy atom. The number of fused-ring (bicyclic) bond motifs is 1. The molecule has 0 spiro atoms. The summed E-state index contributed by atoms with van der Waals surface area (Å²) in [6.45, 7) is 10.1. The van der Waals surface area contributed by atoms with Gasteiger partial charge in [0.1, 0.15) is 0 Å². The van der Waals surface area contributed by atoms with Crippen LogP contribution >= 0.6 is 44.3 Å². The molecule has 0 aliphatic carbocycles. The number of anilines is 1. The molecule has 0 aliphatic rings. The quantitative estimate of drug-likeness (QED) is 0.159. The predicted molar refractivity (Wildman–Crippen MR) is 154 cm³/mol. The van der Waals surface area contributed by atoms with Crippen LogP contribution in [0.25, 0.3) is 11.0 Å². The molecule has 3 aromatic heterocycles. The minimum absolute atomic E-state index is 0. The second-order valence-corrected chi connectivity index (χ2v) is 8.26. The topological polar surface area (TPSA) is 148 Å². The molecule has 200 valence electrons. The number of halogens is 4. The summed E-state index contributed by atoms with van der Waals surface area (Å²) >= 11 is 6.38. The number of pyridine rings is 2. The van der Waals surface area contributed by atoms with Gasteiger partial charge >= 0.3 is 0 Å². The smallest absolute Gasteiger partial charge is 0.224 e. The maximum Gasteiger partial charge on any atom is 0.224 e. The van der Waals surface area contributed by atoms with Crippen molar-refractivity contribution in [2.24, 2.45) is 16.5 Å². The highest BCUT2D eigenvalue weighted by Gasteiger charge is 2.01. The highest BCUT2D eigenvalue weighted by atomic mass is 79.9. The third-order valence-electron chi connectivity index (χ3n) is 4.18. The molecule has 3 aromatic rings. The Hall–Kier alpha value is -2.48. The van der Waals surface area contributed by atoms with Gasteiger partial charge in [0.2, 0.25) is 11.9 Å². The molecule has 5 N–H and O–H groups in total. The van der Waals surface area contributed by atoms with E-state index in [9.17, 15) is 9.18 Å². The largest absolute Gasteiger partial charge is 0.370 e. The van der Waals surface area contributed by atoms with Crippen molar-refractivity contribution in [1.82, 2.24) is 24.8 Å². The van der Waals surface area contributed by atoms with Gasteiger partial charge in [-0.2, -0.15) is 9.37 Å². The Kier molecular flexibility index (Phi) is 20.5. The van der Waals surface area contributed by atoms with Crippen molar-refractivity contribution in [3.05, 3.63) is 51.2 Å². The summed E-state index contributed by atoms with van der Waals surface area (Å²) in [6, 6.07) is 3.30. The lowest BCUT2D eigenvalue weighted by Crippen LogP contribution is -2.21. The first-order chi connectivity index (χ1) is 16.6. The fourth-order valence-corrected chi connectivity index (χ4v) is 2.91. The van der Waals surface area contributed by atoms with Gasteiger partial charge in [-0.15, -0.1) is 12.4 Å². The zero-order chi connectivity index (χ0) is 26.8. The van der Waals surface area contributed by atoms with Gasteiger partial charge < -0.3 is 21.7 Å². The normalized spacial score (nSPS) is 9.25. The number of aldehydes is 1. The first-order valence-corrected chi connectivity index (χ1v) is 12.2. The third-order valence-corrected chi connectivity index (χ3v) is 5.05. The van der Waals surface area contributed by atoms with E-state index in [0.717, 1.165) is 9.86 Å². The van der Waals surface area contributed by atoms with Gasteiger partial charge in [0, 0.05) is 47.0 Å². The maximum absolute atomic E-state index is 12.4. The van der Waals surface area contributed by atoms with Crippen LogP contribution in [0.1, 0.15) is 31.1 Å². The molecule has 0 saturated heterocycles. The summed E-state index contributed by atoms with van der Waals surface area (Å²) in [7, 11) is 3.31. The number of nitrogens with one attached hydrogen (secondary N) is 1. The van der Waals surface area contributed by atoms with E-state index in [1.807, 2.05) is 6.07 Å². The van der Waals surface area contributed by atoms with Crippen molar-refractivity contribution >= 4 is 73.5 Å². The summed E-state index contributed by atoms with van der Waals surface area (Å²) in [5.41, 5.74) is 10.3. The lowest BCUT2D eigenvalue weighted by Gasteiger charge is -2.13. The summed E-state index contributed by atoms with van der Waals surface area (Å²) in [5.74, 6) is -0.0227. The fraction of sp³-hybridized carbons (Fsp3) is 0.364. The molecule has 14 heteroatoms. The summed E-state index contributed by atoms with van der Waals surface area (Å²) in [6.07, 6.45) is 5.18. The van der Waals surface area contributed by atoms with Crippen LogP contribution in [-0.4, -0.2) is 70.8 Å². The Labute approximate surface area is 234 Å². The number of nitrogens with zero attached hydrogens (tertiary/aromatic N) is 6. The Bertz CT molecular complexity index is 1060. The average molecular weight is 654 g/mol. The molecule has 0 fully saturated rings. The van der Waals surface area contributed by atoms with E-state index in [-0.39, 0.29) is 23.9 Å². The van der Waals surface area contributed by atoms with E-state index in [1.54, 1.807) is 19.4 Å². The third kappa shape index (κ3) is 14.8. The Morgan fingerprint density at radius 2 is 1.58 bits per heavy atom. The van der Waals surface area contributed by atoms with E-state index in [2.05, 4.69) is 87.8 Å². The van der Waals surface area contributed by atoms with Crippen LogP contribution in [-0.2, 0) is 0 Å². The second-order valence-electron chi connectivity index (χ2n) is 6.43. The summed E-state index contributed by atoms with van der Waals surface area (Å²) < 4.78 is 13.9. The molecule has 0 amide bonds. The van der Waals surface area contributed by atoms with Gasteiger partial charge in [-0.3, -0.25) is 9.79 Å². The van der Waals surface area contributed by atoms with E-state index in [1.165, 1.54) is 38.9 Å². The lowest BCUT2D eigenvalue weighted by molar-refractivity contribution is 0.111. The van der Waals surface area contributed by atoms with Crippen LogP contribution in [0.4, 0.5) is 10.3 Å². The number of aromatic nitrogens is 4. The monoisotopic (exact) mass is 651 g/mol. The van der Waals surface area contributed by atoms with Gasteiger partial charge in [-0.1, -0.05) is 20.8 Å². The summed E-state index contributed by atoms with van der Waals surface area (Å²) in [5, 5.41) is 3.78. The number of carbonyl (C=O) groups excluding carboxylic acids is 1. The number of nitrogens with two attached hydrogens (primary N) is 2. The van der Waals surface area contributed by atoms with Crippen LogP contribution in [0.5, 0.6) is 0 Å². The molecule has 0 unspecified atom stereocenters. The van der Waals surface area contributed by atoms with Crippen LogP contribution in [0.15, 0.2) is 44.7 Å². The minimum atomic E-state index is -0.738. The standard InChI is InChI=1S/C8H7BrN4.C6H3BrFNO.C6H15N.C2H7N3.ClH/c1-10-8-12-3-5-2-6(9)4-11-7(5)13-8;7-5-1-4(3-10)6(8)9-2-5;1-4-7(5-2)6-3;1-5-2(3)4;/h2-4H,1H3,(H,10,11,12,13);1-3H;4-6H2,1-3H3;1H3,(H4,3,4,5);1H. The average Bonchev–Trinajstić information content (AvgIpc) is 2.87. The number of carbonyl (C=O) groups is 1. The number of aliphatic imine (C=N–C) groups is 1. The van der Waals surface area contributed by atoms with Gasteiger partial charge in [0.05, 0.1) is 5.56 Å². The zero-order valence-electron chi connectivity index (χ0n) is 20.9. The molecular formula is C22H33Br2ClFN9O. The van der Waals surface area contributed by atoms with Crippen LogP contribution in [0.3, 0.4) is 0 Å². The van der Waals surface area contributed by atoms with Crippen molar-refractivity contribution in [2.45, 2.75) is 20.8 Å². The van der Waals surface area contributed by atoms with Crippen LogP contribution in [0, 0.1) is 5.95 Å². The first-order valence-electron chi connectivity index (χ1n) is 10.6. The molecule has 3 rings (SSSR count). The van der Waals surface area contributed by atoms with Crippen molar-refractivity contribution in [1.29, 1.82) is 0 Å². The molecular weight excluding hydrogens is 621 g/mol. The minimum Gasteiger partial charge on any atom is -0.370 e. The lowest BCUT2D eigenvalue weighted by atomic mass is 10.3. The van der Waals surface area contributed by atoms with Gasteiger partial charge in [-0.25, -0.2) is 15.0 Å². The van der Waals surface area contributed by atoms with E-state index in [0.29, 0.717) is 22.4 Å². The second kappa shape index (κ2) is 20.7. The molecule has 10 nitrogen and oxygen atoms in total. The zero-order valence-corrected chi connectivity index (χ0v) is 24.9. The molecule has 0 atom stereocenters. The molecule has 3 heterocycles. The molecule has 36 heavy (non-hydrogen) atoms. The number of hydrogen-bond acceptors (Lipinski definition) is 8. The van der Waals surface area contributed by atoms with E-state index < -0.39 is 5.95 Å². The molecule has 0 aliphatic heterocycles. The van der Waals surface area contributed by atoms with E-state index >= 15 is 0 Å². The predicted octanol–water partition coefficient (Wildman–Crippen LogP) is 4.28. The Morgan fingerprint density at radius 1 is 1.06 bits per heavy atom. The highest BCUT2D eigenvalue weighted by molar-refractivity contribution is 9.10. The van der Waals surface area contributed by atoms with Crippen LogP contribution in [0.2, 0.25) is 0 Å².